The Bertz CT molecular complexity index is 712. The van der Waals surface area contributed by atoms with Crippen LogP contribution in [0.3, 0.4) is 0 Å². The van der Waals surface area contributed by atoms with Gasteiger partial charge < -0.3 is 0 Å². The van der Waals surface area contributed by atoms with Crippen molar-refractivity contribution in [3.05, 3.63) is 17.9 Å². The van der Waals surface area contributed by atoms with E-state index in [1.165, 1.54) is 0 Å². The molecule has 1 aliphatic carbocycles. The lowest BCUT2D eigenvalue weighted by atomic mass is 9.75. The number of hydrogen-bond acceptors (Lipinski definition) is 5. The zero-order valence-corrected chi connectivity index (χ0v) is 14.2. The van der Waals surface area contributed by atoms with Gasteiger partial charge in [-0.3, -0.25) is 14.4 Å². The Balaban J connectivity index is 3.13. The maximum absolute atomic E-state index is 12.5. The first-order valence-electron chi connectivity index (χ1n) is 6.43. The Hall–Kier alpha value is -1.07. The Labute approximate surface area is 125 Å². The van der Waals surface area contributed by atoms with Crippen LogP contribution in [0, 0.1) is 10.8 Å². The van der Waals surface area contributed by atoms with Gasteiger partial charge in [0.05, 0.1) is 9.06 Å². The van der Waals surface area contributed by atoms with Crippen LogP contribution in [0.15, 0.2) is 4.79 Å². The van der Waals surface area contributed by atoms with Crippen LogP contribution in [0.4, 0.5) is 0 Å². The lowest BCUT2D eigenvalue weighted by Gasteiger charge is -2.27. The maximum Gasteiger partial charge on any atom is 0.288 e. The average Bonchev–Trinajstić information content (AvgIpc) is 2.55. The molecule has 0 atom stereocenters. The molecule has 1 aromatic heterocycles. The summed E-state index contributed by atoms with van der Waals surface area (Å²) in [7, 11) is 0. The molecule has 0 saturated carbocycles. The molecule has 1 heterocycles. The van der Waals surface area contributed by atoms with Crippen molar-refractivity contribution in [1.29, 1.82) is 0 Å². The quantitative estimate of drug-likeness (QED) is 0.686. The second kappa shape index (κ2) is 4.46. The summed E-state index contributed by atoms with van der Waals surface area (Å²) in [6.45, 7) is 11.4. The molecular weight excluding hydrogens is 292 g/mol. The van der Waals surface area contributed by atoms with E-state index in [1.807, 2.05) is 41.5 Å². The smallest absolute Gasteiger partial charge is 0.285 e. The van der Waals surface area contributed by atoms with Crippen LogP contribution in [0.5, 0.6) is 0 Å². The van der Waals surface area contributed by atoms with Gasteiger partial charge in [0.25, 0.3) is 4.06 Å². The van der Waals surface area contributed by atoms with Gasteiger partial charge in [0.2, 0.25) is 11.6 Å². The van der Waals surface area contributed by atoms with E-state index in [1.54, 1.807) is 0 Å². The highest BCUT2D eigenvalue weighted by atomic mass is 32.2. The summed E-state index contributed by atoms with van der Waals surface area (Å²) in [4.78, 5) is 36.8. The number of fused-ring (bicyclic) bond motifs is 1. The molecule has 0 amide bonds. The zero-order chi connectivity index (χ0) is 15.5. The third-order valence-electron chi connectivity index (χ3n) is 3.19. The first kappa shape index (κ1) is 15.3. The summed E-state index contributed by atoms with van der Waals surface area (Å²) in [6.07, 6.45) is 0. The molecule has 3 nitrogen and oxygen atoms in total. The molecule has 0 saturated heterocycles. The topological polar surface area (TPSA) is 51.2 Å². The summed E-state index contributed by atoms with van der Waals surface area (Å²) in [6, 6.07) is 0. The van der Waals surface area contributed by atoms with Gasteiger partial charge in [0, 0.05) is 11.1 Å². The number of ketones is 2. The first-order chi connectivity index (χ1) is 8.94. The fourth-order valence-electron chi connectivity index (χ4n) is 2.40. The van der Waals surface area contributed by atoms with E-state index in [9.17, 15) is 14.4 Å². The average molecular weight is 310 g/mol. The monoisotopic (exact) mass is 310 g/mol. The standard InChI is InChI=1S/C15H18O3S2/c1-14(2,3)7-9(16)10(17)8(15(4,5)6)12-11(7)19-13(18)20-12/h1-6H3. The number of Topliss-reactive ketones (excluding diaryl/α,β-unsaturated/α-hetero) is 2. The van der Waals surface area contributed by atoms with Crippen molar-refractivity contribution in [2.75, 3.05) is 0 Å². The lowest BCUT2D eigenvalue weighted by Crippen LogP contribution is -2.44. The summed E-state index contributed by atoms with van der Waals surface area (Å²) < 4.78 is 1.32. The van der Waals surface area contributed by atoms with Crippen molar-refractivity contribution in [3.63, 3.8) is 0 Å². The normalized spacial score (nSPS) is 16.7. The molecule has 0 fully saturated rings. The van der Waals surface area contributed by atoms with Crippen LogP contribution in [0.25, 0.3) is 11.1 Å². The second-order valence-corrected chi connectivity index (χ2v) is 9.25. The van der Waals surface area contributed by atoms with Crippen LogP contribution in [0.2, 0.25) is 0 Å². The van der Waals surface area contributed by atoms with Gasteiger partial charge in [0.1, 0.15) is 0 Å². The minimum Gasteiger partial charge on any atom is -0.285 e. The van der Waals surface area contributed by atoms with Crippen molar-refractivity contribution in [3.8, 4) is 0 Å². The second-order valence-electron chi connectivity index (χ2n) is 7.02. The number of hydrogen-bond donors (Lipinski definition) is 0. The van der Waals surface area contributed by atoms with Crippen LogP contribution in [0.1, 0.15) is 41.5 Å². The molecule has 0 aliphatic heterocycles. The third-order valence-corrected chi connectivity index (χ3v) is 5.38. The minimum atomic E-state index is -0.455. The van der Waals surface area contributed by atoms with Crippen LogP contribution in [-0.2, 0) is 9.59 Å². The van der Waals surface area contributed by atoms with Crippen LogP contribution < -0.4 is 13.1 Å². The molecule has 108 valence electrons. The Morgan fingerprint density at radius 3 is 1.20 bits per heavy atom. The largest absolute Gasteiger partial charge is 0.288 e. The lowest BCUT2D eigenvalue weighted by molar-refractivity contribution is -0.130. The molecule has 5 heteroatoms. The molecule has 2 rings (SSSR count). The molecule has 0 radical (unpaired) electrons. The zero-order valence-electron chi connectivity index (χ0n) is 12.5. The maximum atomic E-state index is 12.5. The highest BCUT2D eigenvalue weighted by Gasteiger charge is 2.39. The van der Waals surface area contributed by atoms with Gasteiger partial charge >= 0.3 is 0 Å². The Morgan fingerprint density at radius 1 is 0.650 bits per heavy atom. The SMILES string of the molecule is CC(C)(C)C1=c2sc(=O)sc2=C(C(C)(C)C)C(=O)C1=O. The predicted molar refractivity (Wildman–Crippen MR) is 83.5 cm³/mol. The number of carbonyl (C=O) groups is 2. The highest BCUT2D eigenvalue weighted by Crippen LogP contribution is 2.33. The molecule has 0 aromatic carbocycles. The molecule has 1 aromatic rings. The van der Waals surface area contributed by atoms with Gasteiger partial charge in [0.15, 0.2) is 0 Å². The van der Waals surface area contributed by atoms with E-state index in [0.717, 1.165) is 22.7 Å². The van der Waals surface area contributed by atoms with E-state index < -0.39 is 22.4 Å². The Kier molecular flexibility index (Phi) is 3.42. The van der Waals surface area contributed by atoms with Gasteiger partial charge in [-0.15, -0.1) is 0 Å². The Morgan fingerprint density at radius 2 is 0.950 bits per heavy atom. The summed E-state index contributed by atoms with van der Waals surface area (Å²) in [5.74, 6) is -0.909. The third kappa shape index (κ3) is 2.33. The summed E-state index contributed by atoms with van der Waals surface area (Å²) in [5.41, 5.74) is 0.0619. The van der Waals surface area contributed by atoms with Crippen molar-refractivity contribution in [2.24, 2.45) is 10.8 Å². The van der Waals surface area contributed by atoms with E-state index in [2.05, 4.69) is 0 Å². The van der Waals surface area contributed by atoms with Crippen molar-refractivity contribution in [1.82, 2.24) is 0 Å². The van der Waals surface area contributed by atoms with Gasteiger partial charge in [-0.2, -0.15) is 0 Å². The van der Waals surface area contributed by atoms with Crippen LogP contribution in [-0.4, -0.2) is 11.6 Å². The van der Waals surface area contributed by atoms with Crippen LogP contribution >= 0.6 is 22.7 Å². The highest BCUT2D eigenvalue weighted by molar-refractivity contribution is 7.25. The molecule has 0 bridgehead atoms. The fourth-order valence-corrected chi connectivity index (χ4v) is 5.05. The van der Waals surface area contributed by atoms with Gasteiger partial charge in [-0.1, -0.05) is 64.2 Å². The predicted octanol–water partition coefficient (Wildman–Crippen LogP) is 1.72. The van der Waals surface area contributed by atoms with Crippen molar-refractivity contribution in [2.45, 2.75) is 41.5 Å². The van der Waals surface area contributed by atoms with E-state index in [4.69, 9.17) is 0 Å². The summed E-state index contributed by atoms with van der Waals surface area (Å²) >= 11 is 2.17. The molecule has 0 unspecified atom stereocenters. The summed E-state index contributed by atoms with van der Waals surface area (Å²) in [5, 5.41) is 0. The van der Waals surface area contributed by atoms with Gasteiger partial charge in [-0.25, -0.2) is 0 Å². The molecule has 20 heavy (non-hydrogen) atoms. The van der Waals surface area contributed by atoms with Crippen molar-refractivity contribution >= 4 is 45.4 Å². The van der Waals surface area contributed by atoms with E-state index in [0.29, 0.717) is 20.2 Å². The van der Waals surface area contributed by atoms with Crippen molar-refractivity contribution < 1.29 is 9.59 Å². The fraction of sp³-hybridized carbons (Fsp3) is 0.533. The molecule has 0 N–H and O–H groups in total. The van der Waals surface area contributed by atoms with E-state index >= 15 is 0 Å². The molecule has 1 aliphatic rings. The number of rotatable bonds is 0. The van der Waals surface area contributed by atoms with Gasteiger partial charge in [-0.05, 0) is 10.8 Å². The molecule has 0 spiro atoms. The minimum absolute atomic E-state index is 0.0685. The molecular formula is C15H18O3S2. The number of carbonyl (C=O) groups excluding carboxylic acids is 2. The first-order valence-corrected chi connectivity index (χ1v) is 8.06. The van der Waals surface area contributed by atoms with E-state index in [-0.39, 0.29) is 4.06 Å².